The minimum atomic E-state index is -0.116. The van der Waals surface area contributed by atoms with Gasteiger partial charge in [0.1, 0.15) is 0 Å². The molecule has 0 spiro atoms. The van der Waals surface area contributed by atoms with Crippen LogP contribution >= 0.6 is 0 Å². The minimum Gasteiger partial charge on any atom is -0.339 e. The lowest BCUT2D eigenvalue weighted by Gasteiger charge is -2.29. The standard InChI is InChI=1S/C24H24N4O3/c1-17(29)25-21-10-8-19(9-11-21)23-26-24(31-27-23)20-13-15-28(16-14-20)22(30)12-7-18-5-3-2-4-6-18/h2-12,20H,13-16H2,1H3,(H,25,29). The van der Waals surface area contributed by atoms with Crippen LogP contribution in [0.4, 0.5) is 5.69 Å². The molecule has 1 saturated heterocycles. The molecule has 2 amide bonds. The van der Waals surface area contributed by atoms with Gasteiger partial charge in [-0.1, -0.05) is 35.5 Å². The van der Waals surface area contributed by atoms with Gasteiger partial charge in [0.05, 0.1) is 0 Å². The Morgan fingerprint density at radius 1 is 1.06 bits per heavy atom. The molecule has 7 nitrogen and oxygen atoms in total. The number of carbonyl (C=O) groups excluding carboxylic acids is 2. The Kier molecular flexibility index (Phi) is 6.21. The summed E-state index contributed by atoms with van der Waals surface area (Å²) < 4.78 is 5.51. The molecule has 2 heterocycles. The van der Waals surface area contributed by atoms with E-state index in [1.807, 2.05) is 53.4 Å². The van der Waals surface area contributed by atoms with Gasteiger partial charge in [-0.3, -0.25) is 9.59 Å². The third-order valence-electron chi connectivity index (χ3n) is 5.28. The molecule has 0 aliphatic carbocycles. The predicted molar refractivity (Wildman–Crippen MR) is 118 cm³/mol. The van der Waals surface area contributed by atoms with E-state index >= 15 is 0 Å². The first-order valence-electron chi connectivity index (χ1n) is 10.3. The van der Waals surface area contributed by atoms with Crippen molar-refractivity contribution in [3.8, 4) is 11.4 Å². The maximum atomic E-state index is 12.5. The first-order chi connectivity index (χ1) is 15.1. The van der Waals surface area contributed by atoms with Crippen molar-refractivity contribution in [2.75, 3.05) is 18.4 Å². The van der Waals surface area contributed by atoms with E-state index in [0.29, 0.717) is 24.8 Å². The van der Waals surface area contributed by atoms with Gasteiger partial charge in [-0.2, -0.15) is 4.98 Å². The normalized spacial score (nSPS) is 14.7. The van der Waals surface area contributed by atoms with Gasteiger partial charge in [-0.05, 0) is 48.7 Å². The molecule has 0 bridgehead atoms. The number of benzene rings is 2. The number of hydrogen-bond donors (Lipinski definition) is 1. The largest absolute Gasteiger partial charge is 0.339 e. The van der Waals surface area contributed by atoms with Crippen LogP contribution in [0.5, 0.6) is 0 Å². The van der Waals surface area contributed by atoms with E-state index in [4.69, 9.17) is 4.52 Å². The van der Waals surface area contributed by atoms with Crippen molar-refractivity contribution in [1.29, 1.82) is 0 Å². The van der Waals surface area contributed by atoms with Gasteiger partial charge in [0, 0.05) is 43.3 Å². The zero-order chi connectivity index (χ0) is 21.6. The van der Waals surface area contributed by atoms with Gasteiger partial charge in [0.15, 0.2) is 0 Å². The molecule has 1 aromatic heterocycles. The van der Waals surface area contributed by atoms with E-state index < -0.39 is 0 Å². The number of anilines is 1. The highest BCUT2D eigenvalue weighted by molar-refractivity contribution is 5.91. The van der Waals surface area contributed by atoms with Crippen LogP contribution in [0.25, 0.3) is 17.5 Å². The maximum Gasteiger partial charge on any atom is 0.246 e. The first kappa shape index (κ1) is 20.5. The lowest BCUT2D eigenvalue weighted by Crippen LogP contribution is -2.36. The van der Waals surface area contributed by atoms with Gasteiger partial charge in [-0.25, -0.2) is 0 Å². The van der Waals surface area contributed by atoms with Crippen LogP contribution in [0, 0.1) is 0 Å². The van der Waals surface area contributed by atoms with E-state index in [1.54, 1.807) is 18.2 Å². The molecule has 4 rings (SSSR count). The van der Waals surface area contributed by atoms with Gasteiger partial charge in [0.25, 0.3) is 0 Å². The van der Waals surface area contributed by atoms with Gasteiger partial charge >= 0.3 is 0 Å². The molecule has 2 aromatic carbocycles. The smallest absolute Gasteiger partial charge is 0.246 e. The monoisotopic (exact) mass is 416 g/mol. The van der Waals surface area contributed by atoms with Crippen molar-refractivity contribution in [3.05, 3.63) is 72.1 Å². The topological polar surface area (TPSA) is 88.3 Å². The summed E-state index contributed by atoms with van der Waals surface area (Å²) in [6.07, 6.45) is 5.04. The second kappa shape index (κ2) is 9.38. The SMILES string of the molecule is CC(=O)Nc1ccc(-c2noc(C3CCN(C(=O)C=Cc4ccccc4)CC3)n2)cc1. The fourth-order valence-corrected chi connectivity index (χ4v) is 3.61. The van der Waals surface area contributed by atoms with Crippen LogP contribution in [0.15, 0.2) is 65.2 Å². The molecule has 1 aliphatic rings. The molecule has 0 saturated carbocycles. The molecule has 158 valence electrons. The Balaban J connectivity index is 1.33. The number of aromatic nitrogens is 2. The fraction of sp³-hybridized carbons (Fsp3) is 0.250. The molecule has 31 heavy (non-hydrogen) atoms. The average molecular weight is 416 g/mol. The summed E-state index contributed by atoms with van der Waals surface area (Å²) in [6.45, 7) is 2.79. The van der Waals surface area contributed by atoms with E-state index in [2.05, 4.69) is 15.5 Å². The Labute approximate surface area is 180 Å². The Hall–Kier alpha value is -3.74. The lowest BCUT2D eigenvalue weighted by atomic mass is 9.96. The molecule has 0 radical (unpaired) electrons. The van der Waals surface area contributed by atoms with E-state index in [1.165, 1.54) is 6.92 Å². The molecule has 0 unspecified atom stereocenters. The highest BCUT2D eigenvalue weighted by Gasteiger charge is 2.27. The molecule has 1 aliphatic heterocycles. The number of likely N-dealkylation sites (tertiary alicyclic amines) is 1. The molecule has 3 aromatic rings. The Bertz CT molecular complexity index is 1070. The third-order valence-corrected chi connectivity index (χ3v) is 5.28. The molecule has 1 fully saturated rings. The van der Waals surface area contributed by atoms with E-state index in [9.17, 15) is 9.59 Å². The summed E-state index contributed by atoms with van der Waals surface area (Å²) in [5.41, 5.74) is 2.55. The number of rotatable bonds is 5. The van der Waals surface area contributed by atoms with Crippen LogP contribution in [-0.2, 0) is 9.59 Å². The number of piperidine rings is 1. The van der Waals surface area contributed by atoms with Crippen molar-refractivity contribution in [2.24, 2.45) is 0 Å². The highest BCUT2D eigenvalue weighted by Crippen LogP contribution is 2.29. The summed E-state index contributed by atoms with van der Waals surface area (Å²) in [4.78, 5) is 30.0. The van der Waals surface area contributed by atoms with Gasteiger partial charge < -0.3 is 14.7 Å². The summed E-state index contributed by atoms with van der Waals surface area (Å²) in [5, 5.41) is 6.84. The molecule has 7 heteroatoms. The third kappa shape index (κ3) is 5.25. The first-order valence-corrected chi connectivity index (χ1v) is 10.3. The van der Waals surface area contributed by atoms with Crippen molar-refractivity contribution < 1.29 is 14.1 Å². The zero-order valence-electron chi connectivity index (χ0n) is 17.3. The van der Waals surface area contributed by atoms with E-state index in [-0.39, 0.29) is 17.7 Å². The maximum absolute atomic E-state index is 12.5. The van der Waals surface area contributed by atoms with Crippen LogP contribution in [0.2, 0.25) is 0 Å². The van der Waals surface area contributed by atoms with Crippen molar-refractivity contribution in [3.63, 3.8) is 0 Å². The average Bonchev–Trinajstić information content (AvgIpc) is 3.29. The summed E-state index contributed by atoms with van der Waals surface area (Å²) >= 11 is 0. The number of hydrogen-bond acceptors (Lipinski definition) is 5. The molecular weight excluding hydrogens is 392 g/mol. The van der Waals surface area contributed by atoms with Gasteiger partial charge in [-0.15, -0.1) is 0 Å². The summed E-state index contributed by atoms with van der Waals surface area (Å²) in [6, 6.07) is 17.1. The van der Waals surface area contributed by atoms with Crippen LogP contribution < -0.4 is 5.32 Å². The van der Waals surface area contributed by atoms with Crippen molar-refractivity contribution >= 4 is 23.6 Å². The fourth-order valence-electron chi connectivity index (χ4n) is 3.61. The number of amides is 2. The van der Waals surface area contributed by atoms with Crippen LogP contribution in [0.3, 0.4) is 0 Å². The highest BCUT2D eigenvalue weighted by atomic mass is 16.5. The lowest BCUT2D eigenvalue weighted by molar-refractivity contribution is -0.127. The second-order valence-electron chi connectivity index (χ2n) is 7.56. The number of carbonyl (C=O) groups is 2. The van der Waals surface area contributed by atoms with Crippen molar-refractivity contribution in [2.45, 2.75) is 25.7 Å². The number of nitrogens with zero attached hydrogens (tertiary/aromatic N) is 3. The zero-order valence-corrected chi connectivity index (χ0v) is 17.3. The minimum absolute atomic E-state index is 0.0211. The molecule has 0 atom stereocenters. The molecule has 1 N–H and O–H groups in total. The number of nitrogens with one attached hydrogen (secondary N) is 1. The van der Waals surface area contributed by atoms with Crippen LogP contribution in [-0.4, -0.2) is 39.9 Å². The predicted octanol–water partition coefficient (Wildman–Crippen LogP) is 4.11. The molecular formula is C24H24N4O3. The Morgan fingerprint density at radius 3 is 2.45 bits per heavy atom. The van der Waals surface area contributed by atoms with Crippen LogP contribution in [0.1, 0.15) is 37.1 Å². The summed E-state index contributed by atoms with van der Waals surface area (Å²) in [7, 11) is 0. The van der Waals surface area contributed by atoms with E-state index in [0.717, 1.165) is 29.7 Å². The second-order valence-corrected chi connectivity index (χ2v) is 7.56. The van der Waals surface area contributed by atoms with Crippen molar-refractivity contribution in [1.82, 2.24) is 15.0 Å². The van der Waals surface area contributed by atoms with Gasteiger partial charge in [0.2, 0.25) is 23.5 Å². The Morgan fingerprint density at radius 2 is 1.77 bits per heavy atom. The summed E-state index contributed by atoms with van der Waals surface area (Å²) in [5.74, 6) is 1.17. The quantitative estimate of drug-likeness (QED) is 0.632.